The second-order valence-corrected chi connectivity index (χ2v) is 4.88. The summed E-state index contributed by atoms with van der Waals surface area (Å²) in [6.45, 7) is 8.34. The molecule has 104 valence electrons. The van der Waals surface area contributed by atoms with Gasteiger partial charge in [0.15, 0.2) is 0 Å². The smallest absolute Gasteiger partial charge is 0.222 e. The molecule has 0 radical (unpaired) electrons. The molecule has 2 unspecified atom stereocenters. The number of piperazine rings is 1. The zero-order valence-electron chi connectivity index (χ0n) is 11.7. The summed E-state index contributed by atoms with van der Waals surface area (Å²) in [6, 6.07) is 0.571. The van der Waals surface area contributed by atoms with Gasteiger partial charge in [0.05, 0.1) is 0 Å². The van der Waals surface area contributed by atoms with Crippen LogP contribution < -0.4 is 10.6 Å². The Labute approximate surface area is 109 Å². The van der Waals surface area contributed by atoms with E-state index in [2.05, 4.69) is 24.5 Å². The highest BCUT2D eigenvalue weighted by atomic mass is 16.2. The monoisotopic (exact) mass is 255 g/mol. The van der Waals surface area contributed by atoms with Crippen molar-refractivity contribution in [3.05, 3.63) is 0 Å². The Hall–Kier alpha value is -1.10. The fourth-order valence-electron chi connectivity index (χ4n) is 2.24. The van der Waals surface area contributed by atoms with Crippen LogP contribution in [0, 0.1) is 0 Å². The van der Waals surface area contributed by atoms with Crippen LogP contribution in [0.2, 0.25) is 0 Å². The summed E-state index contributed by atoms with van der Waals surface area (Å²) in [4.78, 5) is 25.3. The first-order chi connectivity index (χ1) is 8.56. The van der Waals surface area contributed by atoms with Crippen LogP contribution in [0.25, 0.3) is 0 Å². The predicted octanol–water partition coefficient (Wildman–Crippen LogP) is 0.502. The summed E-state index contributed by atoms with van der Waals surface area (Å²) in [5.41, 5.74) is 0. The van der Waals surface area contributed by atoms with Crippen LogP contribution in [0.5, 0.6) is 0 Å². The minimum atomic E-state index is 0.0343. The summed E-state index contributed by atoms with van der Waals surface area (Å²) in [7, 11) is 0. The van der Waals surface area contributed by atoms with Gasteiger partial charge in [-0.05, 0) is 27.2 Å². The quantitative estimate of drug-likeness (QED) is 0.752. The molecule has 0 aromatic carbocycles. The molecular weight excluding hydrogens is 230 g/mol. The maximum absolute atomic E-state index is 12.1. The standard InChI is InChI=1S/C13H25N3O2/c1-4-14-12(17)6-5-7-13(18)16-9-8-15-10(2)11(16)3/h10-11,15H,4-9H2,1-3H3,(H,14,17). The summed E-state index contributed by atoms with van der Waals surface area (Å²) in [6.07, 6.45) is 1.54. The first-order valence-corrected chi connectivity index (χ1v) is 6.85. The van der Waals surface area contributed by atoms with E-state index in [9.17, 15) is 9.59 Å². The average molecular weight is 255 g/mol. The molecule has 0 bridgehead atoms. The van der Waals surface area contributed by atoms with Gasteiger partial charge in [-0.15, -0.1) is 0 Å². The van der Waals surface area contributed by atoms with Crippen LogP contribution in [0.15, 0.2) is 0 Å². The highest BCUT2D eigenvalue weighted by Crippen LogP contribution is 2.11. The van der Waals surface area contributed by atoms with Crippen molar-refractivity contribution in [3.63, 3.8) is 0 Å². The van der Waals surface area contributed by atoms with Gasteiger partial charge in [-0.25, -0.2) is 0 Å². The fourth-order valence-corrected chi connectivity index (χ4v) is 2.24. The number of carbonyl (C=O) groups is 2. The molecule has 0 spiro atoms. The van der Waals surface area contributed by atoms with Gasteiger partial charge >= 0.3 is 0 Å². The molecule has 0 saturated carbocycles. The normalized spacial score (nSPS) is 23.8. The maximum Gasteiger partial charge on any atom is 0.222 e. The van der Waals surface area contributed by atoms with Crippen LogP contribution in [0.1, 0.15) is 40.0 Å². The van der Waals surface area contributed by atoms with Crippen LogP contribution in [-0.2, 0) is 9.59 Å². The lowest BCUT2D eigenvalue weighted by molar-refractivity contribution is -0.135. The molecule has 1 rings (SSSR count). The first-order valence-electron chi connectivity index (χ1n) is 6.85. The van der Waals surface area contributed by atoms with E-state index in [0.29, 0.717) is 31.8 Å². The molecule has 2 N–H and O–H groups in total. The van der Waals surface area contributed by atoms with E-state index in [-0.39, 0.29) is 17.9 Å². The molecule has 0 aliphatic carbocycles. The first kappa shape index (κ1) is 15.0. The second-order valence-electron chi connectivity index (χ2n) is 4.88. The minimum absolute atomic E-state index is 0.0343. The fraction of sp³-hybridized carbons (Fsp3) is 0.846. The number of hydrogen-bond donors (Lipinski definition) is 2. The molecular formula is C13H25N3O2. The molecule has 5 heteroatoms. The highest BCUT2D eigenvalue weighted by molar-refractivity contribution is 5.79. The van der Waals surface area contributed by atoms with Crippen molar-refractivity contribution in [1.29, 1.82) is 0 Å². The highest BCUT2D eigenvalue weighted by Gasteiger charge is 2.27. The van der Waals surface area contributed by atoms with E-state index in [1.807, 2.05) is 11.8 Å². The van der Waals surface area contributed by atoms with E-state index >= 15 is 0 Å². The lowest BCUT2D eigenvalue weighted by Crippen LogP contribution is -2.57. The molecule has 2 amide bonds. The lowest BCUT2D eigenvalue weighted by Gasteiger charge is -2.38. The number of hydrogen-bond acceptors (Lipinski definition) is 3. The summed E-state index contributed by atoms with van der Waals surface area (Å²) in [5, 5.41) is 6.09. The average Bonchev–Trinajstić information content (AvgIpc) is 2.33. The van der Waals surface area contributed by atoms with Gasteiger partial charge < -0.3 is 15.5 Å². The van der Waals surface area contributed by atoms with E-state index in [4.69, 9.17) is 0 Å². The van der Waals surface area contributed by atoms with Crippen molar-refractivity contribution in [3.8, 4) is 0 Å². The van der Waals surface area contributed by atoms with Gasteiger partial charge in [0, 0.05) is 44.6 Å². The number of amides is 2. The van der Waals surface area contributed by atoms with Crippen molar-refractivity contribution in [2.45, 2.75) is 52.1 Å². The van der Waals surface area contributed by atoms with Crippen molar-refractivity contribution < 1.29 is 9.59 Å². The predicted molar refractivity (Wildman–Crippen MR) is 71.2 cm³/mol. The third-order valence-electron chi connectivity index (χ3n) is 3.52. The van der Waals surface area contributed by atoms with E-state index in [1.165, 1.54) is 0 Å². The van der Waals surface area contributed by atoms with Gasteiger partial charge in [0.2, 0.25) is 11.8 Å². The van der Waals surface area contributed by atoms with Gasteiger partial charge in [-0.2, -0.15) is 0 Å². The van der Waals surface area contributed by atoms with Gasteiger partial charge in [0.1, 0.15) is 0 Å². The van der Waals surface area contributed by atoms with Gasteiger partial charge in [-0.1, -0.05) is 0 Å². The Morgan fingerprint density at radius 1 is 1.33 bits per heavy atom. The van der Waals surface area contributed by atoms with E-state index < -0.39 is 0 Å². The van der Waals surface area contributed by atoms with Crippen LogP contribution in [0.4, 0.5) is 0 Å². The molecule has 2 atom stereocenters. The van der Waals surface area contributed by atoms with Crippen LogP contribution >= 0.6 is 0 Å². The SMILES string of the molecule is CCNC(=O)CCCC(=O)N1CCNC(C)C1C. The topological polar surface area (TPSA) is 61.4 Å². The zero-order valence-corrected chi connectivity index (χ0v) is 11.7. The third kappa shape index (κ3) is 4.29. The molecule has 1 aliphatic heterocycles. The Kier molecular flexibility index (Phi) is 6.12. The Morgan fingerprint density at radius 3 is 2.72 bits per heavy atom. The van der Waals surface area contributed by atoms with E-state index in [0.717, 1.165) is 13.1 Å². The van der Waals surface area contributed by atoms with Crippen LogP contribution in [-0.4, -0.2) is 48.4 Å². The Morgan fingerprint density at radius 2 is 2.06 bits per heavy atom. The maximum atomic E-state index is 12.1. The Balaban J connectivity index is 2.29. The number of carbonyl (C=O) groups excluding carboxylic acids is 2. The molecule has 18 heavy (non-hydrogen) atoms. The van der Waals surface area contributed by atoms with Crippen LogP contribution in [0.3, 0.4) is 0 Å². The van der Waals surface area contributed by atoms with E-state index in [1.54, 1.807) is 0 Å². The third-order valence-corrected chi connectivity index (χ3v) is 3.52. The molecule has 1 heterocycles. The molecule has 1 saturated heterocycles. The molecule has 0 aromatic heterocycles. The van der Waals surface area contributed by atoms with Crippen molar-refractivity contribution >= 4 is 11.8 Å². The molecule has 0 aromatic rings. The number of rotatable bonds is 5. The zero-order chi connectivity index (χ0) is 13.5. The molecule has 5 nitrogen and oxygen atoms in total. The number of nitrogens with one attached hydrogen (secondary N) is 2. The molecule has 1 fully saturated rings. The van der Waals surface area contributed by atoms with Crippen molar-refractivity contribution in [2.24, 2.45) is 0 Å². The summed E-state index contributed by atoms with van der Waals surface area (Å²) < 4.78 is 0. The van der Waals surface area contributed by atoms with Gasteiger partial charge in [-0.3, -0.25) is 9.59 Å². The molecule has 1 aliphatic rings. The van der Waals surface area contributed by atoms with Crippen molar-refractivity contribution in [1.82, 2.24) is 15.5 Å². The Bertz CT molecular complexity index is 294. The second kappa shape index (κ2) is 7.36. The summed E-state index contributed by atoms with van der Waals surface area (Å²) >= 11 is 0. The lowest BCUT2D eigenvalue weighted by atomic mass is 10.1. The van der Waals surface area contributed by atoms with Gasteiger partial charge in [0.25, 0.3) is 0 Å². The minimum Gasteiger partial charge on any atom is -0.356 e. The van der Waals surface area contributed by atoms with Crippen molar-refractivity contribution in [2.75, 3.05) is 19.6 Å². The largest absolute Gasteiger partial charge is 0.356 e. The number of nitrogens with zero attached hydrogens (tertiary/aromatic N) is 1. The summed E-state index contributed by atoms with van der Waals surface area (Å²) in [5.74, 6) is 0.201.